The molecule has 0 bridgehead atoms. The molecule has 2 atom stereocenters. The lowest BCUT2D eigenvalue weighted by Crippen LogP contribution is -2.28. The van der Waals surface area contributed by atoms with Gasteiger partial charge in [0.05, 0.1) is 25.0 Å². The summed E-state index contributed by atoms with van der Waals surface area (Å²) in [6, 6.07) is 0. The fourth-order valence-corrected chi connectivity index (χ4v) is 4.56. The molecule has 1 aliphatic rings. The van der Waals surface area contributed by atoms with Crippen LogP contribution in [0.4, 0.5) is 0 Å². The first-order valence-electron chi connectivity index (χ1n) is 13.5. The van der Waals surface area contributed by atoms with Crippen LogP contribution < -0.4 is 0 Å². The molecule has 4 nitrogen and oxygen atoms in total. The summed E-state index contributed by atoms with van der Waals surface area (Å²) in [7, 11) is 0. The second kappa shape index (κ2) is 16.5. The molecule has 0 N–H and O–H groups in total. The number of hydrogen-bond acceptors (Lipinski definition) is 4. The van der Waals surface area contributed by atoms with Gasteiger partial charge in [-0.15, -0.1) is 0 Å². The topological polar surface area (TPSA) is 52.6 Å². The second-order valence-corrected chi connectivity index (χ2v) is 11.3. The SMILES string of the molecule is CC(C)CCCC(C)CCOC(=O)C1CCC(C(=O)OCCC(C)CCCC(C)C)CC1. The first-order valence-corrected chi connectivity index (χ1v) is 13.5. The number of carbonyl (C=O) groups excluding carboxylic acids is 2. The molecule has 188 valence electrons. The molecule has 1 rings (SSSR count). The lowest BCUT2D eigenvalue weighted by atomic mass is 9.82. The molecule has 0 aromatic heterocycles. The lowest BCUT2D eigenvalue weighted by Gasteiger charge is -2.26. The monoisotopic (exact) mass is 452 g/mol. The third kappa shape index (κ3) is 13.5. The number of carbonyl (C=O) groups is 2. The van der Waals surface area contributed by atoms with Crippen LogP contribution in [-0.4, -0.2) is 25.2 Å². The van der Waals surface area contributed by atoms with E-state index in [1.54, 1.807) is 0 Å². The minimum Gasteiger partial charge on any atom is -0.465 e. The van der Waals surface area contributed by atoms with Gasteiger partial charge in [0.15, 0.2) is 0 Å². The summed E-state index contributed by atoms with van der Waals surface area (Å²) in [6.45, 7) is 14.6. The molecule has 0 radical (unpaired) electrons. The molecule has 2 unspecified atom stereocenters. The summed E-state index contributed by atoms with van der Waals surface area (Å²) in [5, 5.41) is 0. The van der Waals surface area contributed by atoms with Crippen LogP contribution in [0.1, 0.15) is 119 Å². The van der Waals surface area contributed by atoms with Crippen molar-refractivity contribution in [3.63, 3.8) is 0 Å². The van der Waals surface area contributed by atoms with E-state index in [9.17, 15) is 9.59 Å². The van der Waals surface area contributed by atoms with Crippen molar-refractivity contribution in [3.8, 4) is 0 Å². The van der Waals surface area contributed by atoms with E-state index in [1.165, 1.54) is 38.5 Å². The van der Waals surface area contributed by atoms with E-state index < -0.39 is 0 Å². The standard InChI is InChI=1S/C28H52O4/c1-21(2)9-7-11-23(5)17-19-31-27(29)25-13-15-26(16-14-25)28(30)32-20-18-24(6)12-8-10-22(3)4/h21-26H,7-20H2,1-6H3. The van der Waals surface area contributed by atoms with Crippen LogP contribution in [0, 0.1) is 35.5 Å². The van der Waals surface area contributed by atoms with E-state index in [1.807, 2.05) is 0 Å². The molecule has 0 aromatic rings. The van der Waals surface area contributed by atoms with Gasteiger partial charge >= 0.3 is 11.9 Å². The van der Waals surface area contributed by atoms with Gasteiger partial charge in [-0.1, -0.05) is 80.1 Å². The van der Waals surface area contributed by atoms with Gasteiger partial charge in [-0.3, -0.25) is 9.59 Å². The normalized spacial score (nSPS) is 20.9. The Morgan fingerprint density at radius 2 is 0.938 bits per heavy atom. The van der Waals surface area contributed by atoms with Crippen LogP contribution >= 0.6 is 0 Å². The number of rotatable bonds is 16. The maximum absolute atomic E-state index is 12.4. The van der Waals surface area contributed by atoms with Crippen molar-refractivity contribution in [2.75, 3.05) is 13.2 Å². The maximum atomic E-state index is 12.4. The summed E-state index contributed by atoms with van der Waals surface area (Å²) in [6.07, 6.45) is 12.3. The van der Waals surface area contributed by atoms with Crippen LogP contribution in [0.25, 0.3) is 0 Å². The quantitative estimate of drug-likeness (QED) is 0.226. The highest BCUT2D eigenvalue weighted by Crippen LogP contribution is 2.31. The fraction of sp³-hybridized carbons (Fsp3) is 0.929. The summed E-state index contributed by atoms with van der Waals surface area (Å²) >= 11 is 0. The Kier molecular flexibility index (Phi) is 15.0. The van der Waals surface area contributed by atoms with Gasteiger partial charge in [-0.2, -0.15) is 0 Å². The van der Waals surface area contributed by atoms with Gasteiger partial charge in [-0.05, 0) is 62.2 Å². The summed E-state index contributed by atoms with van der Waals surface area (Å²) < 4.78 is 11.1. The van der Waals surface area contributed by atoms with Crippen molar-refractivity contribution in [2.24, 2.45) is 35.5 Å². The van der Waals surface area contributed by atoms with E-state index in [-0.39, 0.29) is 23.8 Å². The highest BCUT2D eigenvalue weighted by atomic mass is 16.5. The predicted octanol–water partition coefficient (Wildman–Crippen LogP) is 7.58. The molecule has 1 fully saturated rings. The summed E-state index contributed by atoms with van der Waals surface area (Å²) in [4.78, 5) is 24.8. The van der Waals surface area contributed by atoms with Gasteiger partial charge in [0.2, 0.25) is 0 Å². The largest absolute Gasteiger partial charge is 0.465 e. The Balaban J connectivity index is 2.13. The van der Waals surface area contributed by atoms with Gasteiger partial charge in [0.25, 0.3) is 0 Å². The Hall–Kier alpha value is -1.06. The molecule has 0 heterocycles. The minimum atomic E-state index is -0.0681. The first-order chi connectivity index (χ1) is 15.2. The van der Waals surface area contributed by atoms with Crippen LogP contribution in [0.3, 0.4) is 0 Å². The van der Waals surface area contributed by atoms with Gasteiger partial charge in [-0.25, -0.2) is 0 Å². The molecule has 32 heavy (non-hydrogen) atoms. The van der Waals surface area contributed by atoms with Gasteiger partial charge in [0.1, 0.15) is 0 Å². The van der Waals surface area contributed by atoms with E-state index in [2.05, 4.69) is 41.5 Å². The second-order valence-electron chi connectivity index (χ2n) is 11.3. The van der Waals surface area contributed by atoms with Crippen LogP contribution in [0.5, 0.6) is 0 Å². The Morgan fingerprint density at radius 1 is 0.594 bits per heavy atom. The van der Waals surface area contributed by atoms with E-state index in [0.29, 0.717) is 25.0 Å². The smallest absolute Gasteiger partial charge is 0.308 e. The number of hydrogen-bond donors (Lipinski definition) is 0. The van der Waals surface area contributed by atoms with E-state index >= 15 is 0 Å². The molecule has 0 amide bonds. The lowest BCUT2D eigenvalue weighted by molar-refractivity contribution is -0.155. The average Bonchev–Trinajstić information content (AvgIpc) is 2.73. The van der Waals surface area contributed by atoms with Crippen molar-refractivity contribution >= 4 is 11.9 Å². The predicted molar refractivity (Wildman–Crippen MR) is 132 cm³/mol. The van der Waals surface area contributed by atoms with E-state index in [0.717, 1.165) is 50.4 Å². The zero-order chi connectivity index (χ0) is 23.9. The van der Waals surface area contributed by atoms with Gasteiger partial charge in [0, 0.05) is 0 Å². The summed E-state index contributed by atoms with van der Waals surface area (Å²) in [5.74, 6) is 2.50. The molecule has 0 aliphatic heterocycles. The highest BCUT2D eigenvalue weighted by Gasteiger charge is 2.31. The zero-order valence-electron chi connectivity index (χ0n) is 22.0. The highest BCUT2D eigenvalue weighted by molar-refractivity contribution is 5.75. The Labute approximate surface area is 198 Å². The zero-order valence-corrected chi connectivity index (χ0v) is 22.0. The molecule has 0 saturated heterocycles. The van der Waals surface area contributed by atoms with Crippen molar-refractivity contribution in [1.82, 2.24) is 0 Å². The molecular formula is C28H52O4. The third-order valence-electron chi connectivity index (χ3n) is 7.06. The molecule has 4 heteroatoms. The van der Waals surface area contributed by atoms with Gasteiger partial charge < -0.3 is 9.47 Å². The number of esters is 2. The molecule has 1 saturated carbocycles. The Morgan fingerprint density at radius 3 is 1.25 bits per heavy atom. The van der Waals surface area contributed by atoms with Crippen LogP contribution in [-0.2, 0) is 19.1 Å². The van der Waals surface area contributed by atoms with E-state index in [4.69, 9.17) is 9.47 Å². The van der Waals surface area contributed by atoms with Crippen molar-refractivity contribution in [1.29, 1.82) is 0 Å². The van der Waals surface area contributed by atoms with Crippen LogP contribution in [0.15, 0.2) is 0 Å². The van der Waals surface area contributed by atoms with Crippen molar-refractivity contribution < 1.29 is 19.1 Å². The first kappa shape index (κ1) is 29.0. The number of ether oxygens (including phenoxy) is 2. The van der Waals surface area contributed by atoms with Crippen LogP contribution in [0.2, 0.25) is 0 Å². The van der Waals surface area contributed by atoms with Crippen molar-refractivity contribution in [2.45, 2.75) is 119 Å². The minimum absolute atomic E-state index is 0.0451. The molecule has 1 aliphatic carbocycles. The summed E-state index contributed by atoms with van der Waals surface area (Å²) in [5.41, 5.74) is 0. The molecule has 0 aromatic carbocycles. The molecule has 0 spiro atoms. The Bertz CT molecular complexity index is 460. The maximum Gasteiger partial charge on any atom is 0.308 e. The fourth-order valence-electron chi connectivity index (χ4n) is 4.56. The average molecular weight is 453 g/mol. The van der Waals surface area contributed by atoms with Crippen molar-refractivity contribution in [3.05, 3.63) is 0 Å². The third-order valence-corrected chi connectivity index (χ3v) is 7.06. The molecular weight excluding hydrogens is 400 g/mol.